The van der Waals surface area contributed by atoms with Crippen LogP contribution in [0.2, 0.25) is 0 Å². The summed E-state index contributed by atoms with van der Waals surface area (Å²) >= 11 is 4.06. The standard InChI is InChI=1S/C13H16N2S2/c1-10-2-3-13(11(6-10)7-14)15-8-12-9-16-4-5-17-12/h2-3,6,12,15H,4-5,8-9H2,1H3. The lowest BCUT2D eigenvalue weighted by Gasteiger charge is -2.22. The Morgan fingerprint density at radius 1 is 1.47 bits per heavy atom. The second kappa shape index (κ2) is 6.23. The molecule has 0 saturated carbocycles. The van der Waals surface area contributed by atoms with E-state index in [-0.39, 0.29) is 0 Å². The minimum absolute atomic E-state index is 0.668. The molecule has 90 valence electrons. The third kappa shape index (κ3) is 3.58. The van der Waals surface area contributed by atoms with Gasteiger partial charge in [-0.3, -0.25) is 0 Å². The lowest BCUT2D eigenvalue weighted by molar-refractivity contribution is 1.00. The van der Waals surface area contributed by atoms with Crippen molar-refractivity contribution < 1.29 is 0 Å². The highest BCUT2D eigenvalue weighted by molar-refractivity contribution is 8.06. The van der Waals surface area contributed by atoms with Crippen molar-refractivity contribution in [1.82, 2.24) is 0 Å². The van der Waals surface area contributed by atoms with Crippen molar-refractivity contribution in [1.29, 1.82) is 5.26 Å². The highest BCUT2D eigenvalue weighted by Gasteiger charge is 2.14. The van der Waals surface area contributed by atoms with Gasteiger partial charge in [-0.25, -0.2) is 0 Å². The van der Waals surface area contributed by atoms with Gasteiger partial charge in [0, 0.05) is 29.1 Å². The lowest BCUT2D eigenvalue weighted by atomic mass is 10.1. The van der Waals surface area contributed by atoms with Crippen LogP contribution in [0.3, 0.4) is 0 Å². The zero-order valence-electron chi connectivity index (χ0n) is 9.90. The summed E-state index contributed by atoms with van der Waals surface area (Å²) < 4.78 is 0. The first-order valence-electron chi connectivity index (χ1n) is 5.73. The number of benzene rings is 1. The number of thioether (sulfide) groups is 2. The Bertz CT molecular complexity index is 420. The Morgan fingerprint density at radius 3 is 3.06 bits per heavy atom. The second-order valence-corrected chi connectivity index (χ2v) is 6.67. The highest BCUT2D eigenvalue weighted by Crippen LogP contribution is 2.25. The van der Waals surface area contributed by atoms with E-state index in [1.165, 1.54) is 17.3 Å². The summed E-state index contributed by atoms with van der Waals surface area (Å²) in [6.45, 7) is 2.97. The van der Waals surface area contributed by atoms with Gasteiger partial charge in [0.15, 0.2) is 0 Å². The van der Waals surface area contributed by atoms with Gasteiger partial charge in [0.25, 0.3) is 0 Å². The Hall–Kier alpha value is -0.790. The molecular weight excluding hydrogens is 248 g/mol. The van der Waals surface area contributed by atoms with E-state index in [0.717, 1.165) is 23.4 Å². The third-order valence-electron chi connectivity index (χ3n) is 2.70. The molecule has 1 aromatic rings. The number of nitriles is 1. The maximum absolute atomic E-state index is 9.08. The van der Waals surface area contributed by atoms with Gasteiger partial charge in [-0.2, -0.15) is 28.8 Å². The molecule has 1 fully saturated rings. The normalized spacial score (nSPS) is 19.6. The molecule has 1 atom stereocenters. The van der Waals surface area contributed by atoms with Crippen molar-refractivity contribution in [2.24, 2.45) is 0 Å². The highest BCUT2D eigenvalue weighted by atomic mass is 32.2. The van der Waals surface area contributed by atoms with Crippen LogP contribution in [-0.2, 0) is 0 Å². The smallest absolute Gasteiger partial charge is 0.101 e. The van der Waals surface area contributed by atoms with E-state index in [4.69, 9.17) is 5.26 Å². The van der Waals surface area contributed by atoms with Gasteiger partial charge in [0.1, 0.15) is 6.07 Å². The van der Waals surface area contributed by atoms with E-state index in [0.29, 0.717) is 5.25 Å². The van der Waals surface area contributed by atoms with Gasteiger partial charge in [-0.15, -0.1) is 0 Å². The predicted molar refractivity (Wildman–Crippen MR) is 78.0 cm³/mol. The zero-order valence-corrected chi connectivity index (χ0v) is 11.5. The quantitative estimate of drug-likeness (QED) is 0.910. The first-order chi connectivity index (χ1) is 8.29. The van der Waals surface area contributed by atoms with Crippen molar-refractivity contribution in [3.8, 4) is 6.07 Å². The molecular formula is C13H16N2S2. The van der Waals surface area contributed by atoms with Crippen molar-refractivity contribution >= 4 is 29.2 Å². The van der Waals surface area contributed by atoms with Crippen LogP contribution in [0.1, 0.15) is 11.1 Å². The van der Waals surface area contributed by atoms with E-state index in [9.17, 15) is 0 Å². The molecule has 2 nitrogen and oxygen atoms in total. The molecule has 1 saturated heterocycles. The van der Waals surface area contributed by atoms with Crippen molar-refractivity contribution in [3.05, 3.63) is 29.3 Å². The Morgan fingerprint density at radius 2 is 2.35 bits per heavy atom. The summed E-state index contributed by atoms with van der Waals surface area (Å²) in [6.07, 6.45) is 0. The summed E-state index contributed by atoms with van der Waals surface area (Å²) in [7, 11) is 0. The molecule has 1 unspecified atom stereocenters. The first-order valence-corrected chi connectivity index (χ1v) is 7.94. The Balaban J connectivity index is 1.96. The van der Waals surface area contributed by atoms with Crippen LogP contribution in [0.5, 0.6) is 0 Å². The fourth-order valence-electron chi connectivity index (χ4n) is 1.78. The maximum Gasteiger partial charge on any atom is 0.101 e. The van der Waals surface area contributed by atoms with Crippen LogP contribution >= 0.6 is 23.5 Å². The molecule has 4 heteroatoms. The van der Waals surface area contributed by atoms with E-state index >= 15 is 0 Å². The molecule has 0 amide bonds. The summed E-state index contributed by atoms with van der Waals surface area (Å²) in [5, 5.41) is 13.2. The van der Waals surface area contributed by atoms with Gasteiger partial charge < -0.3 is 5.32 Å². The summed E-state index contributed by atoms with van der Waals surface area (Å²) in [6, 6.07) is 8.24. The number of hydrogen-bond donors (Lipinski definition) is 1. The number of hydrogen-bond acceptors (Lipinski definition) is 4. The van der Waals surface area contributed by atoms with Crippen LogP contribution in [0.4, 0.5) is 5.69 Å². The van der Waals surface area contributed by atoms with Crippen LogP contribution in [0, 0.1) is 18.3 Å². The topological polar surface area (TPSA) is 35.8 Å². The molecule has 1 heterocycles. The SMILES string of the molecule is Cc1ccc(NCC2CSCCS2)c(C#N)c1. The van der Waals surface area contributed by atoms with Gasteiger partial charge in [0.2, 0.25) is 0 Å². The fourth-order valence-corrected chi connectivity index (χ4v) is 4.39. The minimum atomic E-state index is 0.668. The van der Waals surface area contributed by atoms with Crippen LogP contribution in [0.15, 0.2) is 18.2 Å². The molecule has 1 aliphatic heterocycles. The molecule has 1 N–H and O–H groups in total. The number of anilines is 1. The molecule has 0 aliphatic carbocycles. The molecule has 2 rings (SSSR count). The third-order valence-corrected chi connectivity index (χ3v) is 5.55. The van der Waals surface area contributed by atoms with Gasteiger partial charge in [0.05, 0.1) is 11.3 Å². The maximum atomic E-state index is 9.08. The lowest BCUT2D eigenvalue weighted by Crippen LogP contribution is -2.23. The molecule has 1 aromatic carbocycles. The predicted octanol–water partition coefficient (Wildman–Crippen LogP) is 3.13. The average molecular weight is 264 g/mol. The molecule has 0 aromatic heterocycles. The number of rotatable bonds is 3. The molecule has 17 heavy (non-hydrogen) atoms. The number of aryl methyl sites for hydroxylation is 1. The van der Waals surface area contributed by atoms with Crippen molar-refractivity contribution in [3.63, 3.8) is 0 Å². The van der Waals surface area contributed by atoms with Crippen molar-refractivity contribution in [2.45, 2.75) is 12.2 Å². The number of nitrogens with zero attached hydrogens (tertiary/aromatic N) is 1. The minimum Gasteiger partial charge on any atom is -0.383 e. The molecule has 0 spiro atoms. The van der Waals surface area contributed by atoms with E-state index in [2.05, 4.69) is 11.4 Å². The first kappa shape index (κ1) is 12.7. The summed E-state index contributed by atoms with van der Waals surface area (Å²) in [5.41, 5.74) is 2.85. The summed E-state index contributed by atoms with van der Waals surface area (Å²) in [5.74, 6) is 3.73. The molecule has 0 bridgehead atoms. The Labute approximate surface area is 111 Å². The van der Waals surface area contributed by atoms with Crippen LogP contribution < -0.4 is 5.32 Å². The van der Waals surface area contributed by atoms with E-state index in [1.54, 1.807) is 0 Å². The largest absolute Gasteiger partial charge is 0.383 e. The van der Waals surface area contributed by atoms with Gasteiger partial charge >= 0.3 is 0 Å². The zero-order chi connectivity index (χ0) is 12.1. The van der Waals surface area contributed by atoms with Crippen LogP contribution in [-0.4, -0.2) is 29.1 Å². The second-order valence-electron chi connectivity index (χ2n) is 4.11. The van der Waals surface area contributed by atoms with E-state index in [1.807, 2.05) is 48.6 Å². The van der Waals surface area contributed by atoms with Crippen molar-refractivity contribution in [2.75, 3.05) is 29.1 Å². The van der Waals surface area contributed by atoms with Crippen LogP contribution in [0.25, 0.3) is 0 Å². The average Bonchev–Trinajstić information content (AvgIpc) is 2.38. The van der Waals surface area contributed by atoms with Gasteiger partial charge in [-0.1, -0.05) is 6.07 Å². The van der Waals surface area contributed by atoms with Gasteiger partial charge in [-0.05, 0) is 24.6 Å². The summed E-state index contributed by atoms with van der Waals surface area (Å²) in [4.78, 5) is 0. The number of nitrogens with one attached hydrogen (secondary N) is 1. The molecule has 1 aliphatic rings. The van der Waals surface area contributed by atoms with E-state index < -0.39 is 0 Å². The molecule has 0 radical (unpaired) electrons. The monoisotopic (exact) mass is 264 g/mol. The Kier molecular flexibility index (Phi) is 4.64. The fraction of sp³-hybridized carbons (Fsp3) is 0.462.